The molecule has 3 rings (SSSR count). The average molecular weight is 246 g/mol. The Morgan fingerprint density at radius 2 is 1.63 bits per heavy atom. The number of rotatable bonds is 3. The van der Waals surface area contributed by atoms with Crippen LogP contribution in [-0.2, 0) is 12.8 Å². The summed E-state index contributed by atoms with van der Waals surface area (Å²) in [6.45, 7) is 0. The smallest absolute Gasteiger partial charge is 0.0314 e. The lowest BCUT2D eigenvalue weighted by Crippen LogP contribution is -1.93. The lowest BCUT2D eigenvalue weighted by molar-refractivity contribution is 0.968. The molecule has 0 atom stereocenters. The maximum Gasteiger partial charge on any atom is 0.0314 e. The summed E-state index contributed by atoms with van der Waals surface area (Å²) >= 11 is 0. The highest BCUT2D eigenvalue weighted by Gasteiger charge is 2.01. The average Bonchev–Trinajstić information content (AvgIpc) is 2.47. The quantitative estimate of drug-likeness (QED) is 0.694. The van der Waals surface area contributed by atoms with Crippen molar-refractivity contribution in [3.05, 3.63) is 77.9 Å². The first kappa shape index (κ1) is 11.8. The van der Waals surface area contributed by atoms with E-state index in [0.717, 1.165) is 18.5 Å². The van der Waals surface area contributed by atoms with Gasteiger partial charge in [-0.3, -0.25) is 0 Å². The Hall–Kier alpha value is -2.28. The van der Waals surface area contributed by atoms with Crippen molar-refractivity contribution in [2.24, 2.45) is 0 Å². The van der Waals surface area contributed by atoms with Gasteiger partial charge in [0.1, 0.15) is 0 Å². The summed E-state index contributed by atoms with van der Waals surface area (Å²) in [4.78, 5) is 0. The van der Waals surface area contributed by atoms with Gasteiger partial charge < -0.3 is 5.73 Å². The van der Waals surface area contributed by atoms with Crippen LogP contribution in [0.2, 0.25) is 0 Å². The molecule has 0 aliphatic rings. The zero-order valence-electron chi connectivity index (χ0n) is 10.8. The third-order valence-electron chi connectivity index (χ3n) is 3.45. The topological polar surface area (TPSA) is 26.0 Å². The van der Waals surface area contributed by atoms with Crippen molar-refractivity contribution in [3.63, 3.8) is 0 Å². The van der Waals surface area contributed by atoms with Crippen LogP contribution in [0.1, 0.15) is 11.1 Å². The second-order valence-corrected chi connectivity index (χ2v) is 4.79. The largest absolute Gasteiger partial charge is 0.399 e. The first-order chi connectivity index (χ1) is 9.33. The lowest BCUT2D eigenvalue weighted by Gasteiger charge is -2.06. The van der Waals surface area contributed by atoms with E-state index in [9.17, 15) is 0 Å². The van der Waals surface area contributed by atoms with Crippen molar-refractivity contribution < 1.29 is 0 Å². The van der Waals surface area contributed by atoms with Gasteiger partial charge >= 0.3 is 0 Å². The van der Waals surface area contributed by atoms with Crippen LogP contribution in [-0.4, -0.2) is 0 Å². The molecule has 0 heterocycles. The highest BCUT2D eigenvalue weighted by Crippen LogP contribution is 2.19. The van der Waals surface area contributed by atoms with Crippen molar-refractivity contribution in [1.29, 1.82) is 0 Å². The third-order valence-corrected chi connectivity index (χ3v) is 3.45. The number of anilines is 1. The summed E-state index contributed by atoms with van der Waals surface area (Å²) in [6.07, 6.45) is 2.02. The number of nitrogen functional groups attached to an aromatic ring is 1. The van der Waals surface area contributed by atoms with Gasteiger partial charge in [-0.05, 0) is 52.9 Å². The lowest BCUT2D eigenvalue weighted by atomic mass is 9.98. The predicted octanol–water partition coefficient (Wildman–Crippen LogP) is 4.01. The van der Waals surface area contributed by atoms with Crippen LogP contribution in [0.3, 0.4) is 0 Å². The molecule has 3 aromatic carbocycles. The number of fused-ring (bicyclic) bond motifs is 1. The second-order valence-electron chi connectivity index (χ2n) is 4.79. The minimum Gasteiger partial charge on any atom is -0.399 e. The standard InChI is InChI=1S/C18H16N/c19-17-12-9-14(10-13-17)8-11-16-6-3-5-15-4-1-2-7-18(15)16/h1-5,7,9-10,12-13H,8,11,19H2. The van der Waals surface area contributed by atoms with E-state index in [4.69, 9.17) is 5.73 Å². The molecule has 0 bridgehead atoms. The fourth-order valence-corrected chi connectivity index (χ4v) is 2.39. The summed E-state index contributed by atoms with van der Waals surface area (Å²) in [6, 6.07) is 24.1. The van der Waals surface area contributed by atoms with E-state index in [1.54, 1.807) is 0 Å². The molecule has 0 saturated carbocycles. The van der Waals surface area contributed by atoms with Gasteiger partial charge in [-0.1, -0.05) is 48.5 Å². The molecule has 0 amide bonds. The van der Waals surface area contributed by atoms with Crippen LogP contribution >= 0.6 is 0 Å². The Morgan fingerprint density at radius 3 is 2.47 bits per heavy atom. The van der Waals surface area contributed by atoms with E-state index in [0.29, 0.717) is 0 Å². The molecule has 3 aromatic rings. The minimum atomic E-state index is 0.820. The Labute approximate surface area is 113 Å². The molecule has 93 valence electrons. The minimum absolute atomic E-state index is 0.820. The summed E-state index contributed by atoms with van der Waals surface area (Å²) in [5, 5.41) is 2.59. The molecule has 0 aliphatic carbocycles. The van der Waals surface area contributed by atoms with Crippen LogP contribution in [0.25, 0.3) is 10.8 Å². The van der Waals surface area contributed by atoms with E-state index in [-0.39, 0.29) is 0 Å². The van der Waals surface area contributed by atoms with Gasteiger partial charge in [0.05, 0.1) is 0 Å². The van der Waals surface area contributed by atoms with Crippen LogP contribution in [0, 0.1) is 6.07 Å². The van der Waals surface area contributed by atoms with Crippen molar-refractivity contribution in [1.82, 2.24) is 0 Å². The molecule has 2 N–H and O–H groups in total. The Morgan fingerprint density at radius 1 is 0.842 bits per heavy atom. The Balaban J connectivity index is 1.84. The fraction of sp³-hybridized carbons (Fsp3) is 0.111. The van der Waals surface area contributed by atoms with E-state index >= 15 is 0 Å². The first-order valence-corrected chi connectivity index (χ1v) is 6.56. The second kappa shape index (κ2) is 5.15. The Kier molecular flexibility index (Phi) is 3.20. The molecule has 0 unspecified atom stereocenters. The summed E-state index contributed by atoms with van der Waals surface area (Å²) in [7, 11) is 0. The molecular weight excluding hydrogens is 230 g/mol. The monoisotopic (exact) mass is 246 g/mol. The van der Waals surface area contributed by atoms with Crippen molar-refractivity contribution >= 4 is 16.5 Å². The zero-order chi connectivity index (χ0) is 13.1. The number of benzene rings is 3. The molecule has 1 heteroatoms. The molecule has 1 radical (unpaired) electrons. The van der Waals surface area contributed by atoms with E-state index in [1.165, 1.54) is 21.9 Å². The zero-order valence-corrected chi connectivity index (χ0v) is 10.8. The summed E-state index contributed by atoms with van der Waals surface area (Å²) in [5.41, 5.74) is 9.12. The van der Waals surface area contributed by atoms with Gasteiger partial charge in [0.15, 0.2) is 0 Å². The van der Waals surface area contributed by atoms with Crippen molar-refractivity contribution in [3.8, 4) is 0 Å². The van der Waals surface area contributed by atoms with Gasteiger partial charge in [-0.2, -0.15) is 0 Å². The van der Waals surface area contributed by atoms with E-state index in [1.807, 2.05) is 18.2 Å². The van der Waals surface area contributed by atoms with E-state index < -0.39 is 0 Å². The third kappa shape index (κ3) is 2.60. The van der Waals surface area contributed by atoms with Crippen LogP contribution in [0.4, 0.5) is 5.69 Å². The van der Waals surface area contributed by atoms with Gasteiger partial charge in [-0.25, -0.2) is 0 Å². The molecule has 19 heavy (non-hydrogen) atoms. The maximum absolute atomic E-state index is 5.70. The van der Waals surface area contributed by atoms with Gasteiger partial charge in [0.2, 0.25) is 0 Å². The molecule has 1 nitrogen and oxygen atoms in total. The van der Waals surface area contributed by atoms with Gasteiger partial charge in [0, 0.05) is 5.69 Å². The highest BCUT2D eigenvalue weighted by molar-refractivity contribution is 5.85. The molecule has 0 aromatic heterocycles. The molecule has 0 fully saturated rings. The first-order valence-electron chi connectivity index (χ1n) is 6.56. The number of hydrogen-bond acceptors (Lipinski definition) is 1. The van der Waals surface area contributed by atoms with Gasteiger partial charge in [0.25, 0.3) is 0 Å². The summed E-state index contributed by atoms with van der Waals surface area (Å²) < 4.78 is 0. The fourth-order valence-electron chi connectivity index (χ4n) is 2.39. The van der Waals surface area contributed by atoms with Crippen LogP contribution in [0.5, 0.6) is 0 Å². The molecular formula is C18H16N. The normalized spacial score (nSPS) is 10.7. The SMILES string of the molecule is Nc1ccc(CCc2[c]ccc3ccccc23)cc1. The molecule has 0 saturated heterocycles. The van der Waals surface area contributed by atoms with Crippen LogP contribution < -0.4 is 5.73 Å². The highest BCUT2D eigenvalue weighted by atomic mass is 14.5. The Bertz CT molecular complexity index is 678. The van der Waals surface area contributed by atoms with Crippen molar-refractivity contribution in [2.45, 2.75) is 12.8 Å². The maximum atomic E-state index is 5.70. The number of hydrogen-bond donors (Lipinski definition) is 1. The molecule has 0 spiro atoms. The van der Waals surface area contributed by atoms with Crippen LogP contribution in [0.15, 0.2) is 60.7 Å². The van der Waals surface area contributed by atoms with Crippen molar-refractivity contribution in [2.75, 3.05) is 5.73 Å². The molecule has 0 aliphatic heterocycles. The predicted molar refractivity (Wildman–Crippen MR) is 81.0 cm³/mol. The number of aryl methyl sites for hydroxylation is 2. The van der Waals surface area contributed by atoms with Gasteiger partial charge in [-0.15, -0.1) is 0 Å². The number of nitrogens with two attached hydrogens (primary N) is 1. The summed E-state index contributed by atoms with van der Waals surface area (Å²) in [5.74, 6) is 0. The van der Waals surface area contributed by atoms with E-state index in [2.05, 4.69) is 48.5 Å².